The Morgan fingerprint density at radius 3 is 2.68 bits per heavy atom. The molecule has 2 aliphatic rings. The van der Waals surface area contributed by atoms with Gasteiger partial charge in [0, 0.05) is 30.9 Å². The van der Waals surface area contributed by atoms with Crippen molar-refractivity contribution in [2.24, 2.45) is 5.92 Å². The number of piperazine rings is 1. The third-order valence-corrected chi connectivity index (χ3v) is 6.14. The highest BCUT2D eigenvalue weighted by Gasteiger charge is 2.49. The van der Waals surface area contributed by atoms with Gasteiger partial charge in [0.05, 0.1) is 24.2 Å². The highest BCUT2D eigenvalue weighted by molar-refractivity contribution is 5.97. The van der Waals surface area contributed by atoms with Gasteiger partial charge in [-0.3, -0.25) is 19.1 Å². The van der Waals surface area contributed by atoms with Crippen LogP contribution < -0.4 is 5.32 Å². The molecule has 2 saturated heterocycles. The summed E-state index contributed by atoms with van der Waals surface area (Å²) in [6, 6.07) is 8.73. The number of nitrogens with one attached hydrogen (secondary N) is 1. The van der Waals surface area contributed by atoms with Crippen LogP contribution >= 0.6 is 0 Å². The first-order chi connectivity index (χ1) is 15.0. The molecule has 2 aliphatic heterocycles. The SMILES string of the molecule is CC[C@@H]1[C@H](C(=O)NCCn2cc(C)nn2)C[C@@H]2CN(C(=O)c3ccccc3)CC(=O)N21. The number of hydrogen-bond acceptors (Lipinski definition) is 5. The lowest BCUT2D eigenvalue weighted by molar-refractivity contribution is -0.139. The van der Waals surface area contributed by atoms with Crippen molar-refractivity contribution in [1.82, 2.24) is 30.1 Å². The van der Waals surface area contributed by atoms with Crippen molar-refractivity contribution in [2.75, 3.05) is 19.6 Å². The number of carbonyl (C=O) groups excluding carboxylic acids is 3. The van der Waals surface area contributed by atoms with Crippen molar-refractivity contribution in [3.8, 4) is 0 Å². The van der Waals surface area contributed by atoms with Crippen LogP contribution in [0.5, 0.6) is 0 Å². The lowest BCUT2D eigenvalue weighted by Gasteiger charge is -2.39. The average Bonchev–Trinajstić information content (AvgIpc) is 3.37. The molecular weight excluding hydrogens is 396 g/mol. The predicted molar refractivity (Wildman–Crippen MR) is 113 cm³/mol. The number of aromatic nitrogens is 3. The minimum Gasteiger partial charge on any atom is -0.354 e. The van der Waals surface area contributed by atoms with Crippen molar-refractivity contribution in [1.29, 1.82) is 0 Å². The van der Waals surface area contributed by atoms with Crippen LogP contribution in [-0.4, -0.2) is 74.2 Å². The van der Waals surface area contributed by atoms with Crippen LogP contribution in [0.4, 0.5) is 0 Å². The second kappa shape index (κ2) is 8.87. The summed E-state index contributed by atoms with van der Waals surface area (Å²) >= 11 is 0. The summed E-state index contributed by atoms with van der Waals surface area (Å²) in [5.41, 5.74) is 1.41. The molecule has 3 amide bonds. The number of carbonyl (C=O) groups is 3. The minimum absolute atomic E-state index is 0.0492. The number of rotatable bonds is 6. The fourth-order valence-electron chi connectivity index (χ4n) is 4.75. The zero-order valence-electron chi connectivity index (χ0n) is 17.9. The van der Waals surface area contributed by atoms with Gasteiger partial charge in [0.25, 0.3) is 5.91 Å². The molecule has 3 atom stereocenters. The maximum Gasteiger partial charge on any atom is 0.254 e. The van der Waals surface area contributed by atoms with Crippen LogP contribution in [0.2, 0.25) is 0 Å². The predicted octanol–water partition coefficient (Wildman–Crippen LogP) is 0.854. The Balaban J connectivity index is 1.40. The molecule has 2 aromatic rings. The van der Waals surface area contributed by atoms with Gasteiger partial charge in [0.1, 0.15) is 6.54 Å². The maximum absolute atomic E-state index is 12.9. The molecule has 0 saturated carbocycles. The van der Waals surface area contributed by atoms with Crippen molar-refractivity contribution in [3.05, 3.63) is 47.8 Å². The first-order valence-electron chi connectivity index (χ1n) is 10.8. The van der Waals surface area contributed by atoms with E-state index in [-0.39, 0.29) is 42.3 Å². The van der Waals surface area contributed by atoms with E-state index in [1.54, 1.807) is 21.7 Å². The van der Waals surface area contributed by atoms with Crippen molar-refractivity contribution in [2.45, 2.75) is 45.3 Å². The quantitative estimate of drug-likeness (QED) is 0.741. The van der Waals surface area contributed by atoms with Crippen molar-refractivity contribution in [3.63, 3.8) is 0 Å². The van der Waals surface area contributed by atoms with E-state index in [4.69, 9.17) is 0 Å². The number of hydrogen-bond donors (Lipinski definition) is 1. The van der Waals surface area contributed by atoms with Gasteiger partial charge in [0.2, 0.25) is 11.8 Å². The number of fused-ring (bicyclic) bond motifs is 1. The van der Waals surface area contributed by atoms with Crippen LogP contribution in [0.25, 0.3) is 0 Å². The molecule has 4 rings (SSSR count). The summed E-state index contributed by atoms with van der Waals surface area (Å²) in [5.74, 6) is -0.548. The van der Waals surface area contributed by atoms with Gasteiger partial charge in [-0.05, 0) is 31.9 Å². The lowest BCUT2D eigenvalue weighted by atomic mass is 9.96. The summed E-state index contributed by atoms with van der Waals surface area (Å²) in [6.07, 6.45) is 3.10. The Bertz CT molecular complexity index is 959. The highest BCUT2D eigenvalue weighted by Crippen LogP contribution is 2.35. The van der Waals surface area contributed by atoms with Gasteiger partial charge in [-0.15, -0.1) is 5.10 Å². The van der Waals surface area contributed by atoms with E-state index in [1.807, 2.05) is 43.1 Å². The second-order valence-corrected chi connectivity index (χ2v) is 8.24. The first kappa shape index (κ1) is 21.0. The molecule has 3 heterocycles. The number of nitrogens with zero attached hydrogens (tertiary/aromatic N) is 5. The molecule has 0 bridgehead atoms. The molecule has 0 aliphatic carbocycles. The van der Waals surface area contributed by atoms with Gasteiger partial charge in [-0.25, -0.2) is 0 Å². The summed E-state index contributed by atoms with van der Waals surface area (Å²) in [6.45, 7) is 5.37. The number of aryl methyl sites for hydroxylation is 1. The topological polar surface area (TPSA) is 100 Å². The molecule has 0 unspecified atom stereocenters. The average molecular weight is 425 g/mol. The maximum atomic E-state index is 12.9. The van der Waals surface area contributed by atoms with E-state index in [0.29, 0.717) is 38.0 Å². The molecule has 9 nitrogen and oxygen atoms in total. The molecule has 9 heteroatoms. The zero-order chi connectivity index (χ0) is 22.0. The Hall–Kier alpha value is -3.23. The van der Waals surface area contributed by atoms with Gasteiger partial charge >= 0.3 is 0 Å². The van der Waals surface area contributed by atoms with Crippen LogP contribution in [-0.2, 0) is 16.1 Å². The van der Waals surface area contributed by atoms with Gasteiger partial charge < -0.3 is 15.1 Å². The monoisotopic (exact) mass is 424 g/mol. The Kier molecular flexibility index (Phi) is 6.01. The fraction of sp³-hybridized carbons (Fsp3) is 0.500. The number of amides is 3. The molecule has 164 valence electrons. The Labute approximate surface area is 181 Å². The Morgan fingerprint density at radius 1 is 1.23 bits per heavy atom. The third kappa shape index (κ3) is 4.30. The normalized spacial score (nSPS) is 23.0. The second-order valence-electron chi connectivity index (χ2n) is 8.24. The molecule has 1 aromatic heterocycles. The van der Waals surface area contributed by atoms with Gasteiger partial charge in [0.15, 0.2) is 0 Å². The zero-order valence-corrected chi connectivity index (χ0v) is 17.9. The smallest absolute Gasteiger partial charge is 0.254 e. The van der Waals surface area contributed by atoms with Crippen molar-refractivity contribution < 1.29 is 14.4 Å². The van der Waals surface area contributed by atoms with E-state index >= 15 is 0 Å². The minimum atomic E-state index is -0.275. The molecule has 0 radical (unpaired) electrons. The molecule has 0 spiro atoms. The number of benzene rings is 1. The lowest BCUT2D eigenvalue weighted by Crippen LogP contribution is -2.57. The first-order valence-corrected chi connectivity index (χ1v) is 10.8. The molecule has 1 N–H and O–H groups in total. The standard InChI is InChI=1S/C22H28N6O3/c1-3-19-18(21(30)23-9-10-27-12-15(2)24-25-27)11-17-13-26(14-20(29)28(17)19)22(31)16-7-5-4-6-8-16/h4-8,12,17-19H,3,9-11,13-14H2,1-2H3,(H,23,30)/t17-,18-,19-/m1/s1. The van der Waals surface area contributed by atoms with E-state index in [2.05, 4.69) is 15.6 Å². The summed E-state index contributed by atoms with van der Waals surface area (Å²) < 4.78 is 1.70. The molecule has 1 aromatic carbocycles. The fourth-order valence-corrected chi connectivity index (χ4v) is 4.75. The van der Waals surface area contributed by atoms with E-state index in [1.165, 1.54) is 0 Å². The van der Waals surface area contributed by atoms with Crippen molar-refractivity contribution >= 4 is 17.7 Å². The Morgan fingerprint density at radius 2 is 2.00 bits per heavy atom. The van der Waals surface area contributed by atoms with Crippen LogP contribution in [0.15, 0.2) is 36.5 Å². The van der Waals surface area contributed by atoms with Gasteiger partial charge in [-0.2, -0.15) is 0 Å². The summed E-state index contributed by atoms with van der Waals surface area (Å²) in [7, 11) is 0. The van der Waals surface area contributed by atoms with E-state index in [0.717, 1.165) is 5.69 Å². The van der Waals surface area contributed by atoms with Crippen LogP contribution in [0.1, 0.15) is 35.8 Å². The summed E-state index contributed by atoms with van der Waals surface area (Å²) in [5, 5.41) is 10.9. The molecule has 31 heavy (non-hydrogen) atoms. The van der Waals surface area contributed by atoms with Crippen LogP contribution in [0.3, 0.4) is 0 Å². The van der Waals surface area contributed by atoms with Gasteiger partial charge in [-0.1, -0.05) is 30.3 Å². The highest BCUT2D eigenvalue weighted by atomic mass is 16.2. The summed E-state index contributed by atoms with van der Waals surface area (Å²) in [4.78, 5) is 42.2. The van der Waals surface area contributed by atoms with Crippen LogP contribution in [0, 0.1) is 12.8 Å². The largest absolute Gasteiger partial charge is 0.354 e. The third-order valence-electron chi connectivity index (χ3n) is 6.14. The molecular formula is C22H28N6O3. The van der Waals surface area contributed by atoms with E-state index in [9.17, 15) is 14.4 Å². The van der Waals surface area contributed by atoms with E-state index < -0.39 is 0 Å². The molecule has 2 fully saturated rings.